The zero-order valence-electron chi connectivity index (χ0n) is 15.8. The van der Waals surface area contributed by atoms with Crippen LogP contribution in [0, 0.1) is 13.8 Å². The molecular formula is C21H23N3O3S. The van der Waals surface area contributed by atoms with Gasteiger partial charge in [0.25, 0.3) is 5.56 Å². The van der Waals surface area contributed by atoms with Gasteiger partial charge in [-0.1, -0.05) is 11.6 Å². The second-order valence-electron chi connectivity index (χ2n) is 6.79. The van der Waals surface area contributed by atoms with Gasteiger partial charge in [-0.25, -0.2) is 0 Å². The number of aliphatic hydroxyl groups excluding tert-OH is 1. The second-order valence-corrected chi connectivity index (χ2v) is 7.18. The van der Waals surface area contributed by atoms with Gasteiger partial charge < -0.3 is 25.4 Å². The maximum Gasteiger partial charge on any atom is 0.253 e. The summed E-state index contributed by atoms with van der Waals surface area (Å²) in [7, 11) is 0. The number of fused-ring (bicyclic) bond motifs is 1. The lowest BCUT2D eigenvalue weighted by atomic mass is 10.1. The fourth-order valence-corrected chi connectivity index (χ4v) is 3.45. The molecule has 0 aliphatic carbocycles. The number of aromatic amines is 1. The minimum absolute atomic E-state index is 0.0961. The highest BCUT2D eigenvalue weighted by Gasteiger charge is 2.14. The Morgan fingerprint density at radius 3 is 2.57 bits per heavy atom. The van der Waals surface area contributed by atoms with Gasteiger partial charge in [-0.05, 0) is 73.4 Å². The summed E-state index contributed by atoms with van der Waals surface area (Å²) < 4.78 is 0. The van der Waals surface area contributed by atoms with Crippen LogP contribution in [0.1, 0.15) is 16.7 Å². The average Bonchev–Trinajstić information content (AvgIpc) is 2.64. The summed E-state index contributed by atoms with van der Waals surface area (Å²) >= 11 is 5.46. The summed E-state index contributed by atoms with van der Waals surface area (Å²) in [6.45, 7) is 4.45. The first-order valence-electron chi connectivity index (χ1n) is 8.96. The van der Waals surface area contributed by atoms with Gasteiger partial charge in [-0.2, -0.15) is 0 Å². The number of aliphatic hydroxyl groups is 1. The van der Waals surface area contributed by atoms with Crippen LogP contribution in [-0.2, 0) is 6.54 Å². The Balaban J connectivity index is 1.87. The molecule has 6 nitrogen and oxygen atoms in total. The quantitative estimate of drug-likeness (QED) is 0.391. The van der Waals surface area contributed by atoms with Crippen LogP contribution >= 0.6 is 12.2 Å². The Labute approximate surface area is 168 Å². The van der Waals surface area contributed by atoms with Crippen molar-refractivity contribution < 1.29 is 10.2 Å². The minimum Gasteiger partial charge on any atom is -0.508 e. The number of H-pyrrole nitrogens is 1. The standard InChI is InChI=1S/C21H23N3O3S/c1-13-9-14(2)19-15(10-13)11-16(20(27)23-19)12-24(7-8-25)21(28)22-17-3-5-18(26)6-4-17/h3-6,9-11,25-26H,7-8,12H2,1-2H3,(H,22,28)(H,23,27). The predicted octanol–water partition coefficient (Wildman–Crippen LogP) is 3.04. The van der Waals surface area contributed by atoms with Crippen molar-refractivity contribution in [2.75, 3.05) is 18.5 Å². The van der Waals surface area contributed by atoms with E-state index in [4.69, 9.17) is 12.2 Å². The minimum atomic E-state index is -0.171. The molecule has 0 radical (unpaired) electrons. The topological polar surface area (TPSA) is 88.6 Å². The molecule has 3 rings (SSSR count). The van der Waals surface area contributed by atoms with Crippen molar-refractivity contribution in [2.24, 2.45) is 0 Å². The van der Waals surface area contributed by atoms with E-state index in [1.54, 1.807) is 29.2 Å². The number of aromatic hydroxyl groups is 1. The number of phenols is 1. The summed E-state index contributed by atoms with van der Waals surface area (Å²) in [6, 6.07) is 12.5. The third kappa shape index (κ3) is 4.49. The van der Waals surface area contributed by atoms with Crippen LogP contribution < -0.4 is 10.9 Å². The number of nitrogens with zero attached hydrogens (tertiary/aromatic N) is 1. The van der Waals surface area contributed by atoms with E-state index in [2.05, 4.69) is 10.3 Å². The van der Waals surface area contributed by atoms with E-state index < -0.39 is 0 Å². The molecular weight excluding hydrogens is 374 g/mol. The summed E-state index contributed by atoms with van der Waals surface area (Å²) in [4.78, 5) is 17.3. The molecule has 0 aliphatic rings. The Hall–Kier alpha value is -2.90. The first-order valence-corrected chi connectivity index (χ1v) is 9.37. The first-order chi connectivity index (χ1) is 13.4. The summed E-state index contributed by atoms with van der Waals surface area (Å²) in [6.07, 6.45) is 0. The van der Waals surface area contributed by atoms with Crippen molar-refractivity contribution in [1.82, 2.24) is 9.88 Å². The van der Waals surface area contributed by atoms with Crippen molar-refractivity contribution in [3.63, 3.8) is 0 Å². The van der Waals surface area contributed by atoms with Crippen molar-refractivity contribution in [3.8, 4) is 5.75 Å². The molecule has 2 aromatic carbocycles. The molecule has 4 N–H and O–H groups in total. The van der Waals surface area contributed by atoms with Crippen LogP contribution in [0.4, 0.5) is 5.69 Å². The number of anilines is 1. The SMILES string of the molecule is Cc1cc(C)c2[nH]c(=O)c(CN(CCO)C(=S)Nc3ccc(O)cc3)cc2c1. The molecule has 0 aliphatic heterocycles. The van der Waals surface area contributed by atoms with Gasteiger partial charge >= 0.3 is 0 Å². The molecule has 0 spiro atoms. The van der Waals surface area contributed by atoms with Gasteiger partial charge in [0.1, 0.15) is 5.75 Å². The third-order valence-corrected chi connectivity index (χ3v) is 4.87. The zero-order valence-corrected chi connectivity index (χ0v) is 16.6. The largest absolute Gasteiger partial charge is 0.508 e. The molecule has 7 heteroatoms. The fourth-order valence-electron chi connectivity index (χ4n) is 3.18. The van der Waals surface area contributed by atoms with Crippen LogP contribution in [0.3, 0.4) is 0 Å². The summed E-state index contributed by atoms with van der Waals surface area (Å²) in [5.74, 6) is 0.164. The molecule has 0 fully saturated rings. The van der Waals surface area contributed by atoms with E-state index in [0.717, 1.165) is 22.0 Å². The van der Waals surface area contributed by atoms with Gasteiger partial charge in [0.2, 0.25) is 0 Å². The van der Waals surface area contributed by atoms with E-state index in [1.807, 2.05) is 32.0 Å². The number of thiocarbonyl (C=S) groups is 1. The van der Waals surface area contributed by atoms with Crippen LogP contribution in [0.5, 0.6) is 5.75 Å². The molecule has 0 saturated heterocycles. The molecule has 1 heterocycles. The van der Waals surface area contributed by atoms with E-state index in [1.165, 1.54) is 0 Å². The number of phenolic OH excluding ortho intramolecular Hbond substituents is 1. The van der Waals surface area contributed by atoms with Crippen molar-refractivity contribution >= 4 is 33.9 Å². The molecule has 1 aromatic heterocycles. The predicted molar refractivity (Wildman–Crippen MR) is 116 cm³/mol. The second kappa shape index (κ2) is 8.41. The highest BCUT2D eigenvalue weighted by molar-refractivity contribution is 7.80. The number of benzene rings is 2. The molecule has 28 heavy (non-hydrogen) atoms. The molecule has 0 saturated carbocycles. The van der Waals surface area contributed by atoms with E-state index in [0.29, 0.717) is 16.4 Å². The maximum atomic E-state index is 12.6. The van der Waals surface area contributed by atoms with Crippen molar-refractivity contribution in [2.45, 2.75) is 20.4 Å². The molecule has 0 unspecified atom stereocenters. The van der Waals surface area contributed by atoms with E-state index in [9.17, 15) is 15.0 Å². The van der Waals surface area contributed by atoms with E-state index in [-0.39, 0.29) is 31.0 Å². The van der Waals surface area contributed by atoms with Crippen LogP contribution in [-0.4, -0.2) is 38.4 Å². The first kappa shape index (κ1) is 19.9. The number of nitrogens with one attached hydrogen (secondary N) is 2. The molecule has 3 aromatic rings. The Bertz CT molecular complexity index is 1060. The lowest BCUT2D eigenvalue weighted by Crippen LogP contribution is -2.37. The third-order valence-electron chi connectivity index (χ3n) is 4.51. The smallest absolute Gasteiger partial charge is 0.253 e. The van der Waals surface area contributed by atoms with Gasteiger partial charge in [0.15, 0.2) is 5.11 Å². The molecule has 0 amide bonds. The highest BCUT2D eigenvalue weighted by atomic mass is 32.1. The molecule has 0 atom stereocenters. The zero-order chi connectivity index (χ0) is 20.3. The number of aryl methyl sites for hydroxylation is 2. The number of hydrogen-bond acceptors (Lipinski definition) is 4. The maximum absolute atomic E-state index is 12.6. The van der Waals surface area contributed by atoms with E-state index >= 15 is 0 Å². The number of rotatable bonds is 5. The lowest BCUT2D eigenvalue weighted by Gasteiger charge is -2.25. The normalized spacial score (nSPS) is 10.8. The van der Waals surface area contributed by atoms with Crippen LogP contribution in [0.25, 0.3) is 10.9 Å². The van der Waals surface area contributed by atoms with Gasteiger partial charge in [-0.15, -0.1) is 0 Å². The molecule has 0 bridgehead atoms. The van der Waals surface area contributed by atoms with Crippen molar-refractivity contribution in [1.29, 1.82) is 0 Å². The van der Waals surface area contributed by atoms with Gasteiger partial charge in [-0.3, -0.25) is 4.79 Å². The Morgan fingerprint density at radius 2 is 1.89 bits per heavy atom. The monoisotopic (exact) mass is 397 g/mol. The van der Waals surface area contributed by atoms with Gasteiger partial charge in [0.05, 0.1) is 18.7 Å². The van der Waals surface area contributed by atoms with Crippen LogP contribution in [0.2, 0.25) is 0 Å². The fraction of sp³-hybridized carbons (Fsp3) is 0.238. The number of hydrogen-bond donors (Lipinski definition) is 4. The van der Waals surface area contributed by atoms with Crippen molar-refractivity contribution in [3.05, 3.63) is 69.5 Å². The Morgan fingerprint density at radius 1 is 1.18 bits per heavy atom. The average molecular weight is 398 g/mol. The Kier molecular flexibility index (Phi) is 5.96. The number of pyridine rings is 1. The molecule has 146 valence electrons. The number of aromatic nitrogens is 1. The van der Waals surface area contributed by atoms with Crippen LogP contribution in [0.15, 0.2) is 47.3 Å². The highest BCUT2D eigenvalue weighted by Crippen LogP contribution is 2.19. The summed E-state index contributed by atoms with van der Waals surface area (Å²) in [5.41, 5.74) is 4.09. The van der Waals surface area contributed by atoms with Gasteiger partial charge in [0, 0.05) is 17.8 Å². The lowest BCUT2D eigenvalue weighted by molar-refractivity contribution is 0.248. The summed E-state index contributed by atoms with van der Waals surface area (Å²) in [5, 5.41) is 23.3.